The summed E-state index contributed by atoms with van der Waals surface area (Å²) in [4.78, 5) is 4.68. The fourth-order valence-electron chi connectivity index (χ4n) is 4.32. The lowest BCUT2D eigenvalue weighted by atomic mass is 9.91. The minimum atomic E-state index is -0.775. The van der Waals surface area contributed by atoms with E-state index in [9.17, 15) is 4.39 Å². The second-order valence-electron chi connectivity index (χ2n) is 8.53. The molecule has 0 aliphatic carbocycles. The molecule has 0 radical (unpaired) electrons. The van der Waals surface area contributed by atoms with Crippen LogP contribution in [0, 0.1) is 20.8 Å². The van der Waals surface area contributed by atoms with Crippen molar-refractivity contribution in [3.63, 3.8) is 0 Å². The van der Waals surface area contributed by atoms with Gasteiger partial charge in [0.05, 0.1) is 25.2 Å². The Labute approximate surface area is 213 Å². The summed E-state index contributed by atoms with van der Waals surface area (Å²) < 4.78 is 36.7. The maximum atomic E-state index is 14.9. The van der Waals surface area contributed by atoms with Crippen LogP contribution >= 0.6 is 0 Å². The Balaban J connectivity index is 1.82. The van der Waals surface area contributed by atoms with Gasteiger partial charge in [0.15, 0.2) is 5.58 Å². The molecule has 37 heavy (non-hydrogen) atoms. The number of allylic oxidation sites excluding steroid dienone is 1. The number of unbranched alkanes of at least 4 members (excludes halogenated alkanes) is 1. The molecule has 0 N–H and O–H groups in total. The van der Waals surface area contributed by atoms with Gasteiger partial charge in [0.2, 0.25) is 11.8 Å². The second-order valence-corrected chi connectivity index (χ2v) is 8.53. The molecule has 0 atom stereocenters. The highest BCUT2D eigenvalue weighted by molar-refractivity contribution is 5.98. The number of aromatic nitrogens is 3. The van der Waals surface area contributed by atoms with E-state index in [1.807, 2.05) is 32.0 Å². The first kappa shape index (κ1) is 25.9. The number of nitrogens with zero attached hydrogens (tertiary/aromatic N) is 4. The summed E-state index contributed by atoms with van der Waals surface area (Å²) >= 11 is 0. The summed E-state index contributed by atoms with van der Waals surface area (Å²) in [6.45, 7) is 5.57. The summed E-state index contributed by atoms with van der Waals surface area (Å²) in [5.41, 5.74) is 5.09. The predicted octanol–water partition coefficient (Wildman–Crippen LogP) is 5.89. The van der Waals surface area contributed by atoms with Crippen LogP contribution in [0.25, 0.3) is 16.5 Å². The van der Waals surface area contributed by atoms with Gasteiger partial charge in [-0.1, -0.05) is 11.2 Å². The Kier molecular flexibility index (Phi) is 7.86. The molecule has 194 valence electrons. The van der Waals surface area contributed by atoms with Crippen molar-refractivity contribution in [1.82, 2.24) is 15.4 Å². The SMILES string of the molecule is CO/N=C(\F)c1cc(/C(=C\CCCc2nnc(C)o2)c2cc(C)c3onc(OC)c3c2)cc(C)c1OC. The molecular formula is C27H29FN4O5. The minimum absolute atomic E-state index is 0.201. The molecule has 0 saturated carbocycles. The van der Waals surface area contributed by atoms with Crippen molar-refractivity contribution >= 4 is 22.5 Å². The highest BCUT2D eigenvalue weighted by Crippen LogP contribution is 2.36. The number of oxime groups is 1. The van der Waals surface area contributed by atoms with Crippen LogP contribution in [0.3, 0.4) is 0 Å². The zero-order valence-electron chi connectivity index (χ0n) is 21.7. The van der Waals surface area contributed by atoms with E-state index in [4.69, 9.17) is 18.4 Å². The van der Waals surface area contributed by atoms with Gasteiger partial charge in [0, 0.05) is 13.3 Å². The van der Waals surface area contributed by atoms with Crippen molar-refractivity contribution in [1.29, 1.82) is 0 Å². The Bertz CT molecular complexity index is 1470. The van der Waals surface area contributed by atoms with Crippen molar-refractivity contribution in [3.8, 4) is 11.6 Å². The van der Waals surface area contributed by atoms with Gasteiger partial charge in [-0.3, -0.25) is 0 Å². The molecule has 2 heterocycles. The molecule has 10 heteroatoms. The number of benzene rings is 2. The monoisotopic (exact) mass is 508 g/mol. The fraction of sp³-hybridized carbons (Fsp3) is 0.333. The van der Waals surface area contributed by atoms with E-state index >= 15 is 0 Å². The smallest absolute Gasteiger partial charge is 0.261 e. The number of fused-ring (bicyclic) bond motifs is 1. The van der Waals surface area contributed by atoms with E-state index in [2.05, 4.69) is 31.4 Å². The Morgan fingerprint density at radius 3 is 2.43 bits per heavy atom. The summed E-state index contributed by atoms with van der Waals surface area (Å²) in [5.74, 6) is 1.15. The first-order valence-corrected chi connectivity index (χ1v) is 11.8. The topological polar surface area (TPSA) is 105 Å². The van der Waals surface area contributed by atoms with Gasteiger partial charge in [-0.25, -0.2) is 0 Å². The normalized spacial score (nSPS) is 12.3. The van der Waals surface area contributed by atoms with Crippen LogP contribution < -0.4 is 9.47 Å². The van der Waals surface area contributed by atoms with E-state index in [0.29, 0.717) is 41.8 Å². The molecule has 0 aliphatic rings. The maximum Gasteiger partial charge on any atom is 0.261 e. The zero-order valence-corrected chi connectivity index (χ0v) is 21.7. The van der Waals surface area contributed by atoms with Crippen LogP contribution in [0.15, 0.2) is 44.4 Å². The van der Waals surface area contributed by atoms with Crippen LogP contribution in [-0.2, 0) is 11.3 Å². The van der Waals surface area contributed by atoms with E-state index < -0.39 is 5.97 Å². The third-order valence-corrected chi connectivity index (χ3v) is 5.92. The molecule has 0 unspecified atom stereocenters. The molecule has 0 bridgehead atoms. The van der Waals surface area contributed by atoms with Crippen LogP contribution in [0.1, 0.15) is 52.4 Å². The Hall–Kier alpha value is -4.21. The van der Waals surface area contributed by atoms with E-state index in [-0.39, 0.29) is 5.56 Å². The van der Waals surface area contributed by atoms with Gasteiger partial charge in [0.1, 0.15) is 12.9 Å². The first-order chi connectivity index (χ1) is 17.9. The highest BCUT2D eigenvalue weighted by atomic mass is 19.1. The Morgan fingerprint density at radius 2 is 1.76 bits per heavy atom. The Morgan fingerprint density at radius 1 is 1.00 bits per heavy atom. The average molecular weight is 509 g/mol. The number of methoxy groups -OCH3 is 2. The number of hydrogen-bond donors (Lipinski definition) is 0. The lowest BCUT2D eigenvalue weighted by Gasteiger charge is -2.16. The molecule has 0 amide bonds. The van der Waals surface area contributed by atoms with Crippen LogP contribution in [0.5, 0.6) is 11.6 Å². The van der Waals surface area contributed by atoms with Gasteiger partial charge in [-0.2, -0.15) is 4.39 Å². The maximum absolute atomic E-state index is 14.9. The van der Waals surface area contributed by atoms with Crippen LogP contribution in [0.4, 0.5) is 4.39 Å². The third kappa shape index (κ3) is 5.47. The minimum Gasteiger partial charge on any atom is -0.496 e. The summed E-state index contributed by atoms with van der Waals surface area (Å²) in [5, 5.41) is 16.2. The number of ether oxygens (including phenoxy) is 2. The van der Waals surface area contributed by atoms with Gasteiger partial charge in [-0.05, 0) is 83.9 Å². The average Bonchev–Trinajstić information content (AvgIpc) is 3.49. The highest BCUT2D eigenvalue weighted by Gasteiger charge is 2.19. The molecule has 2 aromatic heterocycles. The zero-order chi connectivity index (χ0) is 26.5. The van der Waals surface area contributed by atoms with E-state index in [1.54, 1.807) is 20.1 Å². The van der Waals surface area contributed by atoms with Gasteiger partial charge in [0.25, 0.3) is 11.8 Å². The number of aryl methyl sites for hydroxylation is 4. The second kappa shape index (κ2) is 11.2. The molecule has 4 aromatic rings. The van der Waals surface area contributed by atoms with Crippen molar-refractivity contribution in [2.45, 2.75) is 40.0 Å². The van der Waals surface area contributed by atoms with Gasteiger partial charge >= 0.3 is 0 Å². The van der Waals surface area contributed by atoms with Gasteiger partial charge < -0.3 is 23.3 Å². The van der Waals surface area contributed by atoms with Crippen molar-refractivity contribution in [2.24, 2.45) is 5.16 Å². The molecule has 0 aliphatic heterocycles. The lowest BCUT2D eigenvalue weighted by molar-refractivity contribution is 0.209. The third-order valence-electron chi connectivity index (χ3n) is 5.92. The van der Waals surface area contributed by atoms with Gasteiger partial charge in [-0.15, -0.1) is 10.2 Å². The molecule has 2 aromatic carbocycles. The number of halogens is 1. The molecule has 0 spiro atoms. The van der Waals surface area contributed by atoms with E-state index in [0.717, 1.165) is 39.6 Å². The summed E-state index contributed by atoms with van der Waals surface area (Å²) in [6, 6.07) is 7.64. The molecule has 4 rings (SSSR count). The lowest BCUT2D eigenvalue weighted by Crippen LogP contribution is -2.03. The number of rotatable bonds is 10. The quantitative estimate of drug-likeness (QED) is 0.148. The molecular weight excluding hydrogens is 479 g/mol. The van der Waals surface area contributed by atoms with Crippen LogP contribution in [-0.4, -0.2) is 42.6 Å². The molecule has 9 nitrogen and oxygen atoms in total. The predicted molar refractivity (Wildman–Crippen MR) is 137 cm³/mol. The fourth-order valence-corrected chi connectivity index (χ4v) is 4.32. The first-order valence-electron chi connectivity index (χ1n) is 11.8. The molecule has 0 fully saturated rings. The van der Waals surface area contributed by atoms with E-state index in [1.165, 1.54) is 14.2 Å². The number of hydrogen-bond acceptors (Lipinski definition) is 9. The van der Waals surface area contributed by atoms with Crippen molar-refractivity contribution in [3.05, 3.63) is 69.9 Å². The summed E-state index contributed by atoms with van der Waals surface area (Å²) in [7, 11) is 4.34. The largest absolute Gasteiger partial charge is 0.496 e. The standard InChI is InChI=1S/C27H29FN4O5/c1-15-11-18(13-21(24(15)33-4)26(28)31-35-6)20(9-7-8-10-23-30-29-17(3)36-23)19-12-16(2)25-22(14-19)27(34-5)32-37-25/h9,11-14H,7-8,10H2,1-6H3/b20-9+,31-26-. The molecule has 0 saturated heterocycles. The van der Waals surface area contributed by atoms with Crippen molar-refractivity contribution in [2.75, 3.05) is 21.3 Å². The van der Waals surface area contributed by atoms with Crippen molar-refractivity contribution < 1.29 is 27.6 Å². The summed E-state index contributed by atoms with van der Waals surface area (Å²) in [6.07, 6.45) is 4.25. The van der Waals surface area contributed by atoms with Crippen LogP contribution in [0.2, 0.25) is 0 Å².